The second-order valence-electron chi connectivity index (χ2n) is 7.17. The molecule has 0 bridgehead atoms. The van der Waals surface area contributed by atoms with Crippen molar-refractivity contribution in [2.75, 3.05) is 19.6 Å². The van der Waals surface area contributed by atoms with Crippen LogP contribution in [0.3, 0.4) is 0 Å². The van der Waals surface area contributed by atoms with E-state index in [0.29, 0.717) is 23.8 Å². The molecule has 4 amide bonds. The van der Waals surface area contributed by atoms with Crippen molar-refractivity contribution in [1.82, 2.24) is 20.1 Å². The molecule has 1 N–H and O–H groups in total. The number of hydrogen-bond donors (Lipinski definition) is 1. The molecule has 4 heterocycles. The smallest absolute Gasteiger partial charge is 0.293 e. The van der Waals surface area contributed by atoms with Crippen LogP contribution in [0.5, 0.6) is 0 Å². The van der Waals surface area contributed by atoms with Gasteiger partial charge < -0.3 is 14.6 Å². The number of aromatic nitrogens is 1. The Labute approximate surface area is 182 Å². The number of nitrogens with one attached hydrogen (secondary N) is 1. The summed E-state index contributed by atoms with van der Waals surface area (Å²) in [6, 6.07) is 7.06. The Morgan fingerprint density at radius 1 is 1.29 bits per heavy atom. The first-order chi connectivity index (χ1) is 15.0. The van der Waals surface area contributed by atoms with E-state index < -0.39 is 11.8 Å². The highest BCUT2D eigenvalue weighted by molar-refractivity contribution is 8.18. The molecule has 2 aromatic rings. The Balaban J connectivity index is 1.27. The highest BCUT2D eigenvalue weighted by atomic mass is 32.2. The quantitative estimate of drug-likeness (QED) is 0.654. The van der Waals surface area contributed by atoms with E-state index in [1.54, 1.807) is 47.6 Å². The van der Waals surface area contributed by atoms with Crippen LogP contribution in [0.25, 0.3) is 6.08 Å². The zero-order valence-electron chi connectivity index (χ0n) is 16.5. The molecule has 2 fully saturated rings. The second kappa shape index (κ2) is 9.17. The lowest BCUT2D eigenvalue weighted by Gasteiger charge is -2.16. The van der Waals surface area contributed by atoms with E-state index in [1.165, 1.54) is 6.26 Å². The van der Waals surface area contributed by atoms with Gasteiger partial charge in [0.05, 0.1) is 23.6 Å². The summed E-state index contributed by atoms with van der Waals surface area (Å²) in [5, 5.41) is 2.35. The molecule has 9 nitrogen and oxygen atoms in total. The Hall–Kier alpha value is -3.40. The van der Waals surface area contributed by atoms with Gasteiger partial charge in [0.25, 0.3) is 11.1 Å². The lowest BCUT2D eigenvalue weighted by Crippen LogP contribution is -2.40. The van der Waals surface area contributed by atoms with Crippen LogP contribution in [0.1, 0.15) is 17.7 Å². The minimum atomic E-state index is -0.470. The maximum atomic E-state index is 12.5. The van der Waals surface area contributed by atoms with Crippen molar-refractivity contribution in [1.29, 1.82) is 0 Å². The number of carbonyl (C=O) groups excluding carboxylic acids is 4. The van der Waals surface area contributed by atoms with Crippen LogP contribution in [0.4, 0.5) is 4.79 Å². The first-order valence-corrected chi connectivity index (χ1v) is 10.6. The van der Waals surface area contributed by atoms with Crippen molar-refractivity contribution in [3.63, 3.8) is 0 Å². The van der Waals surface area contributed by atoms with Crippen LogP contribution >= 0.6 is 11.8 Å². The molecule has 10 heteroatoms. The molecule has 0 radical (unpaired) electrons. The monoisotopic (exact) mass is 440 g/mol. The van der Waals surface area contributed by atoms with Crippen molar-refractivity contribution < 1.29 is 23.6 Å². The van der Waals surface area contributed by atoms with Gasteiger partial charge in [-0.3, -0.25) is 29.1 Å². The molecule has 0 aromatic carbocycles. The van der Waals surface area contributed by atoms with Crippen LogP contribution in [0.2, 0.25) is 0 Å². The summed E-state index contributed by atoms with van der Waals surface area (Å²) in [5.41, 5.74) is 0.728. The van der Waals surface area contributed by atoms with Gasteiger partial charge >= 0.3 is 0 Å². The van der Waals surface area contributed by atoms with Crippen molar-refractivity contribution in [3.8, 4) is 0 Å². The Morgan fingerprint density at radius 2 is 2.16 bits per heavy atom. The third kappa shape index (κ3) is 4.85. The van der Waals surface area contributed by atoms with Gasteiger partial charge in [0.15, 0.2) is 0 Å². The molecular formula is C21H20N4O5S. The van der Waals surface area contributed by atoms with Gasteiger partial charge in [-0.2, -0.15) is 0 Å². The van der Waals surface area contributed by atoms with Gasteiger partial charge in [0.2, 0.25) is 11.8 Å². The summed E-state index contributed by atoms with van der Waals surface area (Å²) in [5.74, 6) is -0.582. The fourth-order valence-electron chi connectivity index (χ4n) is 3.43. The van der Waals surface area contributed by atoms with E-state index in [2.05, 4.69) is 10.3 Å². The average molecular weight is 440 g/mol. The first-order valence-electron chi connectivity index (χ1n) is 9.74. The summed E-state index contributed by atoms with van der Waals surface area (Å²) in [4.78, 5) is 56.3. The van der Waals surface area contributed by atoms with Crippen LogP contribution in [0, 0.1) is 5.92 Å². The molecule has 0 spiro atoms. The lowest BCUT2D eigenvalue weighted by atomic mass is 10.1. The highest BCUT2D eigenvalue weighted by Gasteiger charge is 2.36. The van der Waals surface area contributed by atoms with Gasteiger partial charge in [-0.1, -0.05) is 6.07 Å². The van der Waals surface area contributed by atoms with Crippen molar-refractivity contribution >= 4 is 40.8 Å². The molecule has 2 aromatic heterocycles. The zero-order valence-corrected chi connectivity index (χ0v) is 17.3. The van der Waals surface area contributed by atoms with Gasteiger partial charge in [0, 0.05) is 38.4 Å². The second-order valence-corrected chi connectivity index (χ2v) is 8.16. The van der Waals surface area contributed by atoms with E-state index in [9.17, 15) is 19.2 Å². The van der Waals surface area contributed by atoms with E-state index in [0.717, 1.165) is 22.2 Å². The third-order valence-electron chi connectivity index (χ3n) is 5.00. The van der Waals surface area contributed by atoms with Gasteiger partial charge in [-0.05, 0) is 41.6 Å². The summed E-state index contributed by atoms with van der Waals surface area (Å²) in [6.45, 7) is 0.827. The molecule has 2 aliphatic rings. The molecule has 160 valence electrons. The standard InChI is InChI=1S/C21H20N4O5S/c26-18-10-15(12-24(18)13-16-4-2-8-30-16)19(27)23-6-7-25-20(28)17(31-21(25)29)9-14-3-1-5-22-11-14/h1-5,8-9,11,15H,6-7,10,12-13H2,(H,23,27)/b17-9+/t15-/m0/s1. The number of imide groups is 1. The van der Waals surface area contributed by atoms with E-state index >= 15 is 0 Å². The molecular weight excluding hydrogens is 420 g/mol. The number of pyridine rings is 1. The van der Waals surface area contributed by atoms with Gasteiger partial charge in [-0.15, -0.1) is 0 Å². The molecule has 4 rings (SSSR count). The van der Waals surface area contributed by atoms with Crippen molar-refractivity contribution in [3.05, 3.63) is 59.2 Å². The van der Waals surface area contributed by atoms with E-state index in [4.69, 9.17) is 4.42 Å². The largest absolute Gasteiger partial charge is 0.467 e. The number of likely N-dealkylation sites (tertiary alicyclic amines) is 1. The Bertz CT molecular complexity index is 1020. The predicted molar refractivity (Wildman–Crippen MR) is 112 cm³/mol. The molecule has 2 saturated heterocycles. The first kappa shape index (κ1) is 20.9. The summed E-state index contributed by atoms with van der Waals surface area (Å²) < 4.78 is 5.25. The molecule has 31 heavy (non-hydrogen) atoms. The molecule has 0 aliphatic carbocycles. The van der Waals surface area contributed by atoms with Crippen LogP contribution < -0.4 is 5.32 Å². The normalized spacial score (nSPS) is 20.2. The van der Waals surface area contributed by atoms with Gasteiger partial charge in [0.1, 0.15) is 5.76 Å². The molecule has 1 atom stereocenters. The van der Waals surface area contributed by atoms with Crippen molar-refractivity contribution in [2.24, 2.45) is 5.92 Å². The number of furan rings is 1. The number of carbonyl (C=O) groups is 4. The number of hydrogen-bond acceptors (Lipinski definition) is 7. The fraction of sp³-hybridized carbons (Fsp3) is 0.286. The topological polar surface area (TPSA) is 113 Å². The van der Waals surface area contributed by atoms with Crippen LogP contribution in [-0.2, 0) is 20.9 Å². The SMILES string of the molecule is O=C(NCCN1C(=O)S/C(=C/c2cccnc2)C1=O)[C@H]1CC(=O)N(Cc2ccco2)C1. The van der Waals surface area contributed by atoms with E-state index in [1.807, 2.05) is 0 Å². The molecule has 2 aliphatic heterocycles. The minimum Gasteiger partial charge on any atom is -0.467 e. The number of rotatable bonds is 7. The zero-order chi connectivity index (χ0) is 21.8. The number of amides is 4. The Kier molecular flexibility index (Phi) is 6.17. The molecule has 0 saturated carbocycles. The predicted octanol–water partition coefficient (Wildman–Crippen LogP) is 1.88. The summed E-state index contributed by atoms with van der Waals surface area (Å²) in [6.07, 6.45) is 6.51. The third-order valence-corrected chi connectivity index (χ3v) is 5.91. The van der Waals surface area contributed by atoms with Crippen LogP contribution in [-0.4, -0.2) is 57.4 Å². The van der Waals surface area contributed by atoms with E-state index in [-0.39, 0.29) is 36.6 Å². The van der Waals surface area contributed by atoms with Crippen LogP contribution in [0.15, 0.2) is 52.2 Å². The minimum absolute atomic E-state index is 0.0670. The highest BCUT2D eigenvalue weighted by Crippen LogP contribution is 2.31. The maximum Gasteiger partial charge on any atom is 0.293 e. The van der Waals surface area contributed by atoms with Gasteiger partial charge in [-0.25, -0.2) is 0 Å². The number of nitrogens with zero attached hydrogens (tertiary/aromatic N) is 3. The maximum absolute atomic E-state index is 12.5. The summed E-state index contributed by atoms with van der Waals surface area (Å²) in [7, 11) is 0. The average Bonchev–Trinajstić information content (AvgIpc) is 3.46. The summed E-state index contributed by atoms with van der Waals surface area (Å²) >= 11 is 0.861. The van der Waals surface area contributed by atoms with Crippen molar-refractivity contribution in [2.45, 2.75) is 13.0 Å². The molecule has 0 unspecified atom stereocenters. The number of thioether (sulfide) groups is 1. The Morgan fingerprint density at radius 3 is 2.90 bits per heavy atom. The fourth-order valence-corrected chi connectivity index (χ4v) is 4.30. The lowest BCUT2D eigenvalue weighted by molar-refractivity contribution is -0.129.